The molecule has 0 spiro atoms. The van der Waals surface area contributed by atoms with Gasteiger partial charge in [0.1, 0.15) is 6.07 Å². The molecule has 1 heterocycles. The van der Waals surface area contributed by atoms with Crippen molar-refractivity contribution in [3.05, 3.63) is 93.2 Å². The summed E-state index contributed by atoms with van der Waals surface area (Å²) in [7, 11) is 0. The Morgan fingerprint density at radius 2 is 1.13 bits per heavy atom. The van der Waals surface area contributed by atoms with Gasteiger partial charge in [-0.05, 0) is 35.7 Å². The third kappa shape index (κ3) is 3.69. The number of benzene rings is 2. The summed E-state index contributed by atoms with van der Waals surface area (Å²) in [5, 5.41) is 11.1. The Morgan fingerprint density at radius 3 is 1.65 bits per heavy atom. The molecule has 0 atom stereocenters. The van der Waals surface area contributed by atoms with Crippen LogP contribution in [0.15, 0.2) is 66.0 Å². The van der Waals surface area contributed by atoms with Crippen molar-refractivity contribution in [3.8, 4) is 29.8 Å². The molecule has 2 heteroatoms. The SMILES string of the molecule is N#Cc1ccccc1C#Cc1ccccc1C#Cc1cccs1. The zero-order chi connectivity index (χ0) is 15.9. The lowest BCUT2D eigenvalue weighted by Gasteiger charge is -1.96. The zero-order valence-corrected chi connectivity index (χ0v) is 13.0. The minimum Gasteiger partial charge on any atom is -0.192 e. The molecular formula is C21H11NS. The maximum absolute atomic E-state index is 9.12. The van der Waals surface area contributed by atoms with Crippen molar-refractivity contribution in [2.45, 2.75) is 0 Å². The molecule has 0 aliphatic rings. The van der Waals surface area contributed by atoms with Gasteiger partial charge in [0.2, 0.25) is 0 Å². The van der Waals surface area contributed by atoms with Gasteiger partial charge in [-0.15, -0.1) is 11.3 Å². The van der Waals surface area contributed by atoms with Gasteiger partial charge in [-0.2, -0.15) is 5.26 Å². The first-order chi connectivity index (χ1) is 11.4. The van der Waals surface area contributed by atoms with E-state index in [0.717, 1.165) is 21.6 Å². The normalized spacial score (nSPS) is 9.00. The molecule has 0 radical (unpaired) electrons. The first kappa shape index (κ1) is 14.7. The number of thiophene rings is 1. The summed E-state index contributed by atoms with van der Waals surface area (Å²) in [6.45, 7) is 0. The van der Waals surface area contributed by atoms with Crippen molar-refractivity contribution in [1.29, 1.82) is 5.26 Å². The van der Waals surface area contributed by atoms with Gasteiger partial charge in [-0.1, -0.05) is 54.0 Å². The van der Waals surface area contributed by atoms with Crippen LogP contribution in [0.3, 0.4) is 0 Å². The Labute approximate surface area is 139 Å². The largest absolute Gasteiger partial charge is 0.192 e. The van der Waals surface area contributed by atoms with Crippen molar-refractivity contribution in [1.82, 2.24) is 0 Å². The lowest BCUT2D eigenvalue weighted by molar-refractivity contribution is 1.47. The van der Waals surface area contributed by atoms with Gasteiger partial charge in [-0.3, -0.25) is 0 Å². The summed E-state index contributed by atoms with van der Waals surface area (Å²) < 4.78 is 0. The van der Waals surface area contributed by atoms with E-state index in [1.165, 1.54) is 0 Å². The highest BCUT2D eigenvalue weighted by molar-refractivity contribution is 7.10. The van der Waals surface area contributed by atoms with E-state index in [-0.39, 0.29) is 0 Å². The molecule has 106 valence electrons. The van der Waals surface area contributed by atoms with Crippen LogP contribution in [0, 0.1) is 35.0 Å². The van der Waals surface area contributed by atoms with Gasteiger partial charge in [0.05, 0.1) is 10.4 Å². The van der Waals surface area contributed by atoms with Crippen molar-refractivity contribution < 1.29 is 0 Å². The molecule has 3 rings (SSSR count). The third-order valence-electron chi connectivity index (χ3n) is 3.15. The van der Waals surface area contributed by atoms with Crippen LogP contribution in [0.4, 0.5) is 0 Å². The van der Waals surface area contributed by atoms with Gasteiger partial charge >= 0.3 is 0 Å². The lowest BCUT2D eigenvalue weighted by Crippen LogP contribution is -1.85. The molecule has 0 saturated carbocycles. The van der Waals surface area contributed by atoms with Crippen LogP contribution in [0.1, 0.15) is 27.1 Å². The highest BCUT2D eigenvalue weighted by atomic mass is 32.1. The highest BCUT2D eigenvalue weighted by Crippen LogP contribution is 2.10. The Bertz CT molecular complexity index is 984. The first-order valence-corrected chi connectivity index (χ1v) is 7.90. The molecule has 0 N–H and O–H groups in total. The smallest absolute Gasteiger partial charge is 0.100 e. The highest BCUT2D eigenvalue weighted by Gasteiger charge is 1.98. The van der Waals surface area contributed by atoms with E-state index in [9.17, 15) is 0 Å². The van der Waals surface area contributed by atoms with Crippen molar-refractivity contribution in [2.75, 3.05) is 0 Å². The van der Waals surface area contributed by atoms with Crippen molar-refractivity contribution >= 4 is 11.3 Å². The van der Waals surface area contributed by atoms with Crippen LogP contribution >= 0.6 is 11.3 Å². The minimum absolute atomic E-state index is 0.585. The molecule has 1 aromatic heterocycles. The predicted octanol–water partition coefficient (Wildman–Crippen LogP) is 4.42. The van der Waals surface area contributed by atoms with E-state index in [1.54, 1.807) is 17.4 Å². The molecule has 0 unspecified atom stereocenters. The van der Waals surface area contributed by atoms with Gasteiger partial charge in [-0.25, -0.2) is 0 Å². The summed E-state index contributed by atoms with van der Waals surface area (Å²) in [5.74, 6) is 12.5. The second-order valence-corrected chi connectivity index (χ2v) is 5.63. The average molecular weight is 309 g/mol. The fourth-order valence-corrected chi connectivity index (χ4v) is 2.57. The topological polar surface area (TPSA) is 23.8 Å². The number of hydrogen-bond donors (Lipinski definition) is 0. The van der Waals surface area contributed by atoms with E-state index < -0.39 is 0 Å². The fraction of sp³-hybridized carbons (Fsp3) is 0. The molecule has 0 saturated heterocycles. The summed E-state index contributed by atoms with van der Waals surface area (Å²) in [6, 6.07) is 21.3. The zero-order valence-electron chi connectivity index (χ0n) is 12.2. The van der Waals surface area contributed by atoms with Crippen LogP contribution in [-0.4, -0.2) is 0 Å². The van der Waals surface area contributed by atoms with E-state index in [4.69, 9.17) is 5.26 Å². The lowest BCUT2D eigenvalue weighted by atomic mass is 10.1. The molecule has 0 aliphatic carbocycles. The molecule has 2 aromatic carbocycles. The van der Waals surface area contributed by atoms with E-state index in [2.05, 4.69) is 29.8 Å². The maximum atomic E-state index is 9.12. The van der Waals surface area contributed by atoms with E-state index >= 15 is 0 Å². The van der Waals surface area contributed by atoms with Crippen LogP contribution in [0.5, 0.6) is 0 Å². The van der Waals surface area contributed by atoms with Crippen LogP contribution in [0.2, 0.25) is 0 Å². The molecule has 0 aliphatic heterocycles. The molecule has 0 bridgehead atoms. The summed E-state index contributed by atoms with van der Waals surface area (Å²) in [4.78, 5) is 1.03. The Morgan fingerprint density at radius 1 is 0.609 bits per heavy atom. The Balaban J connectivity index is 1.97. The second kappa shape index (κ2) is 7.15. The number of nitriles is 1. The van der Waals surface area contributed by atoms with Gasteiger partial charge in [0.25, 0.3) is 0 Å². The van der Waals surface area contributed by atoms with E-state index in [1.807, 2.05) is 60.0 Å². The monoisotopic (exact) mass is 309 g/mol. The fourth-order valence-electron chi connectivity index (χ4n) is 2.00. The summed E-state index contributed by atoms with van der Waals surface area (Å²) in [5.41, 5.74) is 3.07. The Hall–Kier alpha value is -3.25. The number of rotatable bonds is 0. The Kier molecular flexibility index (Phi) is 4.56. The summed E-state index contributed by atoms with van der Waals surface area (Å²) in [6.07, 6.45) is 0. The van der Waals surface area contributed by atoms with Crippen LogP contribution in [0.25, 0.3) is 0 Å². The summed E-state index contributed by atoms with van der Waals surface area (Å²) >= 11 is 1.62. The maximum Gasteiger partial charge on any atom is 0.100 e. The first-order valence-electron chi connectivity index (χ1n) is 7.02. The molecule has 0 amide bonds. The van der Waals surface area contributed by atoms with Gasteiger partial charge < -0.3 is 0 Å². The van der Waals surface area contributed by atoms with E-state index in [0.29, 0.717) is 5.56 Å². The average Bonchev–Trinajstić information content (AvgIpc) is 3.12. The molecule has 0 fully saturated rings. The van der Waals surface area contributed by atoms with Gasteiger partial charge in [0.15, 0.2) is 0 Å². The minimum atomic E-state index is 0.585. The number of nitrogens with zero attached hydrogens (tertiary/aromatic N) is 1. The second-order valence-electron chi connectivity index (χ2n) is 4.68. The van der Waals surface area contributed by atoms with Crippen LogP contribution < -0.4 is 0 Å². The number of hydrogen-bond acceptors (Lipinski definition) is 2. The molecule has 23 heavy (non-hydrogen) atoms. The molecule has 3 aromatic rings. The van der Waals surface area contributed by atoms with Crippen molar-refractivity contribution in [2.24, 2.45) is 0 Å². The quantitative estimate of drug-likeness (QED) is 0.564. The van der Waals surface area contributed by atoms with Crippen LogP contribution in [-0.2, 0) is 0 Å². The van der Waals surface area contributed by atoms with Crippen molar-refractivity contribution in [3.63, 3.8) is 0 Å². The molecular weight excluding hydrogens is 298 g/mol. The third-order valence-corrected chi connectivity index (χ3v) is 3.93. The molecule has 1 nitrogen and oxygen atoms in total. The predicted molar refractivity (Wildman–Crippen MR) is 93.9 cm³/mol. The standard InChI is InChI=1S/C21H11NS/c22-16-20-9-4-3-8-19(20)12-11-17-6-1-2-7-18(17)13-14-21-10-5-15-23-21/h1-10,15H. The van der Waals surface area contributed by atoms with Gasteiger partial charge in [0, 0.05) is 16.7 Å².